The van der Waals surface area contributed by atoms with Crippen molar-refractivity contribution in [2.45, 2.75) is 44.2 Å². The molecule has 2 aliphatic rings. The van der Waals surface area contributed by atoms with Crippen LogP contribution in [-0.2, 0) is 29.8 Å². The Morgan fingerprint density at radius 2 is 1.73 bits per heavy atom. The number of halogens is 2. The second-order valence-corrected chi connectivity index (χ2v) is 10.3. The van der Waals surface area contributed by atoms with E-state index in [0.717, 1.165) is 55.8 Å². The van der Waals surface area contributed by atoms with Crippen molar-refractivity contribution in [1.82, 2.24) is 4.90 Å². The van der Waals surface area contributed by atoms with E-state index in [1.807, 2.05) is 18.2 Å². The van der Waals surface area contributed by atoms with Gasteiger partial charge in [-0.25, -0.2) is 8.78 Å². The predicted molar refractivity (Wildman–Crippen MR) is 139 cm³/mol. The standard InChI is InChI=1S/C30H32F2N2O3/c1-33-20-30(26-16-24(31)8-10-28(26)33)12-14-34(15-13-30)18-21-2-4-22(5-3-21)19-37-25-9-6-23(27(32)17-25)7-11-29(35)36/h2-6,8-10,16-17H,7,11-15,18-20H2,1H3,(H,35,36). The predicted octanol–water partition coefficient (Wildman–Crippen LogP) is 5.54. The number of aliphatic carboxylic acids is 1. The van der Waals surface area contributed by atoms with Gasteiger partial charge in [0.2, 0.25) is 0 Å². The van der Waals surface area contributed by atoms with Crippen molar-refractivity contribution in [3.8, 4) is 5.75 Å². The molecule has 0 atom stereocenters. The summed E-state index contributed by atoms with van der Waals surface area (Å²) in [7, 11) is 2.09. The maximum Gasteiger partial charge on any atom is 0.303 e. The number of aryl methyl sites for hydroxylation is 1. The van der Waals surface area contributed by atoms with E-state index in [2.05, 4.69) is 29.0 Å². The highest BCUT2D eigenvalue weighted by Crippen LogP contribution is 2.46. The number of hydrogen-bond acceptors (Lipinski definition) is 4. The molecular formula is C30H32F2N2O3. The summed E-state index contributed by atoms with van der Waals surface area (Å²) < 4.78 is 33.9. The molecule has 5 rings (SSSR count). The van der Waals surface area contributed by atoms with Gasteiger partial charge in [-0.3, -0.25) is 9.69 Å². The van der Waals surface area contributed by atoms with Crippen LogP contribution in [0.15, 0.2) is 60.7 Å². The highest BCUT2D eigenvalue weighted by Gasteiger charge is 2.43. The molecule has 7 heteroatoms. The Bertz CT molecular complexity index is 1270. The van der Waals surface area contributed by atoms with Crippen molar-refractivity contribution < 1.29 is 23.4 Å². The van der Waals surface area contributed by atoms with Crippen LogP contribution in [0.3, 0.4) is 0 Å². The van der Waals surface area contributed by atoms with Crippen molar-refractivity contribution in [2.24, 2.45) is 0 Å². The maximum absolute atomic E-state index is 14.2. The van der Waals surface area contributed by atoms with Crippen LogP contribution < -0.4 is 9.64 Å². The largest absolute Gasteiger partial charge is 0.489 e. The Morgan fingerprint density at radius 1 is 1.00 bits per heavy atom. The number of anilines is 1. The Hall–Kier alpha value is -3.45. The van der Waals surface area contributed by atoms with Gasteiger partial charge in [0.05, 0.1) is 0 Å². The van der Waals surface area contributed by atoms with Gasteiger partial charge in [0, 0.05) is 43.7 Å². The Morgan fingerprint density at radius 3 is 2.43 bits per heavy atom. The molecule has 0 aliphatic carbocycles. The molecule has 1 spiro atoms. The summed E-state index contributed by atoms with van der Waals surface area (Å²) in [5.74, 6) is -1.13. The van der Waals surface area contributed by atoms with Crippen molar-refractivity contribution in [3.63, 3.8) is 0 Å². The normalized spacial score (nSPS) is 16.7. The minimum Gasteiger partial charge on any atom is -0.489 e. The van der Waals surface area contributed by atoms with Crippen molar-refractivity contribution in [3.05, 3.63) is 94.6 Å². The summed E-state index contributed by atoms with van der Waals surface area (Å²) in [6.07, 6.45) is 2.09. The quantitative estimate of drug-likeness (QED) is 0.435. The second kappa shape index (κ2) is 10.5. The number of rotatable bonds is 8. The number of carbonyl (C=O) groups is 1. The maximum atomic E-state index is 14.2. The smallest absolute Gasteiger partial charge is 0.303 e. The van der Waals surface area contributed by atoms with Crippen LogP contribution in [-0.4, -0.2) is 42.7 Å². The van der Waals surface area contributed by atoms with Gasteiger partial charge >= 0.3 is 5.97 Å². The van der Waals surface area contributed by atoms with Crippen molar-refractivity contribution in [2.75, 3.05) is 31.6 Å². The molecule has 0 amide bonds. The molecule has 5 nitrogen and oxygen atoms in total. The Kier molecular flexibility index (Phi) is 7.15. The minimum absolute atomic E-state index is 0.0395. The van der Waals surface area contributed by atoms with Crippen LogP contribution in [0, 0.1) is 11.6 Å². The van der Waals surface area contributed by atoms with Crippen molar-refractivity contribution in [1.29, 1.82) is 0 Å². The monoisotopic (exact) mass is 506 g/mol. The third-order valence-corrected chi connectivity index (χ3v) is 7.76. The molecule has 0 aromatic heterocycles. The summed E-state index contributed by atoms with van der Waals surface area (Å²) in [6.45, 7) is 4.09. The highest BCUT2D eigenvalue weighted by atomic mass is 19.1. The van der Waals surface area contributed by atoms with Crippen LogP contribution in [0.25, 0.3) is 0 Å². The van der Waals surface area contributed by atoms with Gasteiger partial charge in [-0.2, -0.15) is 0 Å². The van der Waals surface area contributed by atoms with E-state index >= 15 is 0 Å². The molecule has 2 aliphatic heterocycles. The number of carboxylic acids is 1. The molecule has 1 N–H and O–H groups in total. The van der Waals surface area contributed by atoms with E-state index in [1.165, 1.54) is 11.6 Å². The van der Waals surface area contributed by atoms with Crippen LogP contribution in [0.5, 0.6) is 5.75 Å². The van der Waals surface area contributed by atoms with E-state index in [4.69, 9.17) is 9.84 Å². The van der Waals surface area contributed by atoms with Gasteiger partial charge in [-0.15, -0.1) is 0 Å². The van der Waals surface area contributed by atoms with Gasteiger partial charge < -0.3 is 14.7 Å². The lowest BCUT2D eigenvalue weighted by Crippen LogP contribution is -2.44. The van der Waals surface area contributed by atoms with E-state index in [9.17, 15) is 13.6 Å². The molecule has 3 aromatic carbocycles. The molecule has 37 heavy (non-hydrogen) atoms. The number of hydrogen-bond donors (Lipinski definition) is 1. The average Bonchev–Trinajstić information content (AvgIpc) is 3.14. The number of likely N-dealkylation sites (N-methyl/N-ethyl adjacent to an activating group) is 1. The molecule has 0 radical (unpaired) electrons. The third kappa shape index (κ3) is 5.62. The van der Waals surface area contributed by atoms with Gasteiger partial charge in [-0.1, -0.05) is 30.3 Å². The number of likely N-dealkylation sites (tertiary alicyclic amines) is 1. The number of nitrogens with zero attached hydrogens (tertiary/aromatic N) is 2. The first-order valence-corrected chi connectivity index (χ1v) is 12.8. The molecule has 194 valence electrons. The molecule has 0 saturated carbocycles. The molecular weight excluding hydrogens is 474 g/mol. The zero-order valence-electron chi connectivity index (χ0n) is 21.1. The zero-order valence-corrected chi connectivity index (χ0v) is 21.1. The van der Waals surface area contributed by atoms with Crippen molar-refractivity contribution >= 4 is 11.7 Å². The molecule has 3 aromatic rings. The number of fused-ring (bicyclic) bond motifs is 2. The fraction of sp³-hybridized carbons (Fsp3) is 0.367. The van der Waals surface area contributed by atoms with Gasteiger partial charge in [0.1, 0.15) is 24.0 Å². The van der Waals surface area contributed by atoms with E-state index < -0.39 is 11.8 Å². The summed E-state index contributed by atoms with van der Waals surface area (Å²) in [4.78, 5) is 15.4. The number of ether oxygens (including phenoxy) is 1. The fourth-order valence-electron chi connectivity index (χ4n) is 5.68. The van der Waals surface area contributed by atoms with Gasteiger partial charge in [-0.05, 0) is 78.9 Å². The summed E-state index contributed by atoms with van der Waals surface area (Å²) in [5, 5.41) is 8.77. The van der Waals surface area contributed by atoms with Crippen LogP contribution in [0.2, 0.25) is 0 Å². The SMILES string of the molecule is CN1CC2(CCN(Cc3ccc(COc4ccc(CCC(=O)O)c(F)c4)cc3)CC2)c2cc(F)ccc21. The lowest BCUT2D eigenvalue weighted by atomic mass is 9.74. The minimum atomic E-state index is -0.948. The molecule has 1 fully saturated rings. The first kappa shape index (κ1) is 25.2. The molecule has 2 heterocycles. The first-order valence-electron chi connectivity index (χ1n) is 12.8. The number of carboxylic acid groups (broad SMARTS) is 1. The fourth-order valence-corrected chi connectivity index (χ4v) is 5.68. The highest BCUT2D eigenvalue weighted by molar-refractivity contribution is 5.67. The molecule has 0 unspecified atom stereocenters. The number of benzene rings is 3. The lowest BCUT2D eigenvalue weighted by Gasteiger charge is -2.40. The third-order valence-electron chi connectivity index (χ3n) is 7.76. The summed E-state index contributed by atoms with van der Waals surface area (Å²) in [6, 6.07) is 18.0. The average molecular weight is 507 g/mol. The topological polar surface area (TPSA) is 53.0 Å². The van der Waals surface area contributed by atoms with Gasteiger partial charge in [0.15, 0.2) is 0 Å². The number of piperidine rings is 1. The lowest BCUT2D eigenvalue weighted by molar-refractivity contribution is -0.136. The van der Waals surface area contributed by atoms with E-state index in [-0.39, 0.29) is 24.1 Å². The summed E-state index contributed by atoms with van der Waals surface area (Å²) >= 11 is 0. The Labute approximate surface area is 216 Å². The summed E-state index contributed by atoms with van der Waals surface area (Å²) in [5.41, 5.74) is 4.95. The first-order chi connectivity index (χ1) is 17.8. The zero-order chi connectivity index (χ0) is 26.0. The van der Waals surface area contributed by atoms with Crippen LogP contribution in [0.4, 0.5) is 14.5 Å². The Balaban J connectivity index is 1.13. The van der Waals surface area contributed by atoms with Gasteiger partial charge in [0.25, 0.3) is 0 Å². The molecule has 0 bridgehead atoms. The van der Waals surface area contributed by atoms with E-state index in [0.29, 0.717) is 17.9 Å². The molecule has 1 saturated heterocycles. The van der Waals surface area contributed by atoms with Crippen LogP contribution >= 0.6 is 0 Å². The van der Waals surface area contributed by atoms with E-state index in [1.54, 1.807) is 24.3 Å². The van der Waals surface area contributed by atoms with Crippen LogP contribution in [0.1, 0.15) is 41.5 Å². The second-order valence-electron chi connectivity index (χ2n) is 10.3.